The minimum Gasteiger partial charge on any atom is -0.464 e. The van der Waals surface area contributed by atoms with E-state index in [-0.39, 0.29) is 55.0 Å². The van der Waals surface area contributed by atoms with Crippen LogP contribution in [0.1, 0.15) is 18.9 Å². The van der Waals surface area contributed by atoms with Crippen LogP contribution in [0.4, 0.5) is 0 Å². The number of hydrogen-bond acceptors (Lipinski definition) is 7. The average Bonchev–Trinajstić information content (AvgIpc) is 3.51. The van der Waals surface area contributed by atoms with Crippen LogP contribution < -0.4 is 10.6 Å². The predicted octanol–water partition coefficient (Wildman–Crippen LogP) is 0.808. The van der Waals surface area contributed by atoms with Crippen LogP contribution in [0.5, 0.6) is 0 Å². The summed E-state index contributed by atoms with van der Waals surface area (Å²) in [4.78, 5) is 29.3. The molecule has 2 N–H and O–H groups in total. The van der Waals surface area contributed by atoms with Gasteiger partial charge in [-0.2, -0.15) is 0 Å². The first-order valence-electron chi connectivity index (χ1n) is 10.4. The standard InChI is InChI=1S/C22H27N3O4/c1-12-15-9-25-19(12)18(15)21(27)29-11-22(2,14-3-5-23-6-4-14)10-28-20(26)17-13-7-16(17)24-8-13/h3-6,13,15-19,24-25H,1,7-11H2,2H3/t13-,15+,16-,17+,18+,19-,22?/m1/s1. The summed E-state index contributed by atoms with van der Waals surface area (Å²) < 4.78 is 11.5. The van der Waals surface area contributed by atoms with Crippen molar-refractivity contribution in [3.05, 3.63) is 42.2 Å². The summed E-state index contributed by atoms with van der Waals surface area (Å²) in [5.41, 5.74) is 1.40. The van der Waals surface area contributed by atoms with E-state index in [4.69, 9.17) is 9.47 Å². The Balaban J connectivity index is 1.24. The Kier molecular flexibility index (Phi) is 4.47. The Labute approximate surface area is 170 Å². The zero-order chi connectivity index (χ0) is 20.2. The van der Waals surface area contributed by atoms with Crippen molar-refractivity contribution in [3.8, 4) is 0 Å². The van der Waals surface area contributed by atoms with E-state index in [2.05, 4.69) is 22.2 Å². The predicted molar refractivity (Wildman–Crippen MR) is 105 cm³/mol. The number of pyridine rings is 1. The van der Waals surface area contributed by atoms with Crippen LogP contribution in [0.2, 0.25) is 0 Å². The fourth-order valence-electron chi connectivity index (χ4n) is 5.32. The minimum absolute atomic E-state index is 0.0399. The molecule has 2 saturated carbocycles. The van der Waals surface area contributed by atoms with Crippen molar-refractivity contribution < 1.29 is 19.1 Å². The number of ether oxygens (including phenoxy) is 2. The quantitative estimate of drug-likeness (QED) is 0.520. The topological polar surface area (TPSA) is 89.5 Å². The highest BCUT2D eigenvalue weighted by atomic mass is 16.5. The Morgan fingerprint density at radius 3 is 2.34 bits per heavy atom. The van der Waals surface area contributed by atoms with Gasteiger partial charge in [0.15, 0.2) is 0 Å². The fourth-order valence-corrected chi connectivity index (χ4v) is 5.32. The van der Waals surface area contributed by atoms with Crippen molar-refractivity contribution in [1.29, 1.82) is 0 Å². The van der Waals surface area contributed by atoms with Crippen LogP contribution in [0.15, 0.2) is 36.7 Å². The summed E-state index contributed by atoms with van der Waals surface area (Å²) in [5, 5.41) is 6.64. The SMILES string of the molecule is C=C1[C@H]2NC[C@@H]1[C@@H]2C(=O)OCC(C)(COC(=O)[C@H]1[C@H]2CN[C@@H]1C2)c1ccncc1. The molecule has 4 saturated heterocycles. The van der Waals surface area contributed by atoms with Gasteiger partial charge in [-0.1, -0.05) is 12.2 Å². The van der Waals surface area contributed by atoms with Crippen molar-refractivity contribution in [1.82, 2.24) is 15.6 Å². The first-order valence-corrected chi connectivity index (χ1v) is 10.4. The lowest BCUT2D eigenvalue weighted by molar-refractivity contribution is -0.159. The van der Waals surface area contributed by atoms with Crippen molar-refractivity contribution in [2.75, 3.05) is 26.3 Å². The molecule has 6 fully saturated rings. The van der Waals surface area contributed by atoms with E-state index in [0.717, 1.165) is 30.6 Å². The average molecular weight is 397 g/mol. The number of esters is 2. The molecule has 0 radical (unpaired) electrons. The van der Waals surface area contributed by atoms with E-state index in [1.807, 2.05) is 19.1 Å². The molecule has 4 aliphatic heterocycles. The smallest absolute Gasteiger partial charge is 0.311 e. The number of nitrogens with zero attached hydrogens (tertiary/aromatic N) is 1. The molecule has 0 amide bonds. The summed E-state index contributed by atoms with van der Waals surface area (Å²) in [5.74, 6) is 0.0299. The van der Waals surface area contributed by atoms with Crippen LogP contribution in [-0.2, 0) is 24.5 Å². The van der Waals surface area contributed by atoms with Gasteiger partial charge in [0.1, 0.15) is 13.2 Å². The molecule has 7 heteroatoms. The molecular weight excluding hydrogens is 370 g/mol. The maximum atomic E-state index is 12.7. The Morgan fingerprint density at radius 1 is 1.14 bits per heavy atom. The van der Waals surface area contributed by atoms with Gasteiger partial charge in [0, 0.05) is 36.9 Å². The Morgan fingerprint density at radius 2 is 1.83 bits per heavy atom. The highest BCUT2D eigenvalue weighted by Gasteiger charge is 2.55. The molecule has 2 aliphatic carbocycles. The third-order valence-corrected chi connectivity index (χ3v) is 7.35. The molecule has 7 rings (SSSR count). The van der Waals surface area contributed by atoms with Crippen molar-refractivity contribution >= 4 is 11.9 Å². The van der Waals surface area contributed by atoms with Gasteiger partial charge in [0.05, 0.1) is 17.3 Å². The maximum Gasteiger partial charge on any atom is 0.311 e. The van der Waals surface area contributed by atoms with Crippen molar-refractivity contribution in [2.45, 2.75) is 30.8 Å². The van der Waals surface area contributed by atoms with Gasteiger partial charge in [-0.25, -0.2) is 0 Å². The second-order valence-electron chi connectivity index (χ2n) is 9.14. The maximum absolute atomic E-state index is 12.7. The molecule has 0 spiro atoms. The van der Waals surface area contributed by atoms with Gasteiger partial charge in [0.25, 0.3) is 0 Å². The first kappa shape index (κ1) is 18.8. The zero-order valence-electron chi connectivity index (χ0n) is 16.6. The third-order valence-electron chi connectivity index (χ3n) is 7.35. The lowest BCUT2D eigenvalue weighted by atomic mass is 9.70. The highest BCUT2D eigenvalue weighted by Crippen LogP contribution is 2.45. The van der Waals surface area contributed by atoms with E-state index in [9.17, 15) is 9.59 Å². The number of hydrogen-bond donors (Lipinski definition) is 2. The molecule has 1 aromatic rings. The van der Waals surface area contributed by atoms with Gasteiger partial charge >= 0.3 is 11.9 Å². The summed E-state index contributed by atoms with van der Waals surface area (Å²) in [6.45, 7) is 8.00. The molecule has 4 bridgehead atoms. The summed E-state index contributed by atoms with van der Waals surface area (Å²) in [7, 11) is 0. The summed E-state index contributed by atoms with van der Waals surface area (Å²) in [6.07, 6.45) is 4.46. The van der Waals surface area contributed by atoms with Crippen LogP contribution in [0.25, 0.3) is 0 Å². The largest absolute Gasteiger partial charge is 0.464 e. The van der Waals surface area contributed by atoms with E-state index < -0.39 is 5.41 Å². The van der Waals surface area contributed by atoms with Gasteiger partial charge < -0.3 is 20.1 Å². The number of rotatable bonds is 7. The second kappa shape index (κ2) is 6.92. The fraction of sp³-hybridized carbons (Fsp3) is 0.591. The van der Waals surface area contributed by atoms with Crippen LogP contribution >= 0.6 is 0 Å². The molecule has 0 aromatic carbocycles. The molecular formula is C22H27N3O4. The molecule has 1 aromatic heterocycles. The number of carbonyl (C=O) groups excluding carboxylic acids is 2. The van der Waals surface area contributed by atoms with Crippen molar-refractivity contribution in [3.63, 3.8) is 0 Å². The molecule has 6 aliphatic rings. The van der Waals surface area contributed by atoms with Gasteiger partial charge in [-0.15, -0.1) is 0 Å². The molecule has 7 atom stereocenters. The summed E-state index contributed by atoms with van der Waals surface area (Å²) in [6, 6.07) is 4.06. The van der Waals surface area contributed by atoms with Gasteiger partial charge in [0.2, 0.25) is 0 Å². The Hall–Kier alpha value is -2.25. The van der Waals surface area contributed by atoms with E-state index in [1.54, 1.807) is 12.4 Å². The molecule has 7 nitrogen and oxygen atoms in total. The minimum atomic E-state index is -0.627. The van der Waals surface area contributed by atoms with E-state index >= 15 is 0 Å². The van der Waals surface area contributed by atoms with Crippen LogP contribution in [0.3, 0.4) is 0 Å². The van der Waals surface area contributed by atoms with Crippen molar-refractivity contribution in [2.24, 2.45) is 23.7 Å². The van der Waals surface area contributed by atoms with Gasteiger partial charge in [-0.05, 0) is 43.5 Å². The monoisotopic (exact) mass is 397 g/mol. The second-order valence-corrected chi connectivity index (χ2v) is 9.14. The normalized spacial score (nSPS) is 36.0. The lowest BCUT2D eigenvalue weighted by Crippen LogP contribution is -2.47. The number of carbonyl (C=O) groups is 2. The van der Waals surface area contributed by atoms with Gasteiger partial charge in [-0.3, -0.25) is 14.6 Å². The number of aromatic nitrogens is 1. The molecule has 29 heavy (non-hydrogen) atoms. The molecule has 5 heterocycles. The van der Waals surface area contributed by atoms with Crippen LogP contribution in [-0.4, -0.2) is 55.3 Å². The number of nitrogens with one attached hydrogen (secondary N) is 2. The Bertz CT molecular complexity index is 816. The van der Waals surface area contributed by atoms with Crippen LogP contribution in [0, 0.1) is 23.7 Å². The third kappa shape index (κ3) is 2.99. The molecule has 154 valence electrons. The molecule has 1 unspecified atom stereocenters. The number of fused-ring (bicyclic) bond motifs is 2. The first-order chi connectivity index (χ1) is 14.0. The zero-order valence-corrected chi connectivity index (χ0v) is 16.6. The summed E-state index contributed by atoms with van der Waals surface area (Å²) >= 11 is 0. The lowest BCUT2D eigenvalue weighted by Gasteiger charge is -2.37. The van der Waals surface area contributed by atoms with E-state index in [0.29, 0.717) is 5.92 Å². The van der Waals surface area contributed by atoms with E-state index in [1.165, 1.54) is 0 Å². The highest BCUT2D eigenvalue weighted by molar-refractivity contribution is 5.78.